The first kappa shape index (κ1) is 15.9. The van der Waals surface area contributed by atoms with Crippen LogP contribution < -0.4 is 5.32 Å². The molecule has 6 nitrogen and oxygen atoms in total. The van der Waals surface area contributed by atoms with E-state index < -0.39 is 4.92 Å². The minimum atomic E-state index is -0.455. The Morgan fingerprint density at radius 1 is 1.26 bits per heavy atom. The van der Waals surface area contributed by atoms with Gasteiger partial charge in [-0.05, 0) is 37.3 Å². The molecule has 1 saturated carbocycles. The highest BCUT2D eigenvalue weighted by molar-refractivity contribution is 5.92. The molecular formula is C17H23N3O3. The van der Waals surface area contributed by atoms with Crippen LogP contribution in [0.5, 0.6) is 0 Å². The summed E-state index contributed by atoms with van der Waals surface area (Å²) in [6.45, 7) is 2.35. The van der Waals surface area contributed by atoms with Crippen molar-refractivity contribution in [3.63, 3.8) is 0 Å². The molecule has 1 aliphatic carbocycles. The Labute approximate surface area is 136 Å². The zero-order valence-electron chi connectivity index (χ0n) is 13.2. The van der Waals surface area contributed by atoms with Gasteiger partial charge in [-0.15, -0.1) is 0 Å². The predicted molar refractivity (Wildman–Crippen MR) is 88.2 cm³/mol. The number of nitrogens with one attached hydrogen (secondary N) is 1. The van der Waals surface area contributed by atoms with E-state index in [1.54, 1.807) is 12.1 Å². The van der Waals surface area contributed by atoms with E-state index in [0.29, 0.717) is 12.2 Å². The van der Waals surface area contributed by atoms with E-state index >= 15 is 0 Å². The molecule has 1 heterocycles. The molecule has 1 aromatic carbocycles. The maximum absolute atomic E-state index is 12.2. The lowest BCUT2D eigenvalue weighted by Crippen LogP contribution is -2.44. The molecule has 0 aromatic heterocycles. The Bertz CT molecular complexity index is 590. The fourth-order valence-electron chi connectivity index (χ4n) is 3.92. The SMILES string of the molecule is O=C(CN1CC[C@H]2CCCC[C@@H]2C1)Nc1cccc([N+](=O)[O-])c1. The Kier molecular flexibility index (Phi) is 4.91. The van der Waals surface area contributed by atoms with E-state index in [-0.39, 0.29) is 11.6 Å². The van der Waals surface area contributed by atoms with Crippen molar-refractivity contribution >= 4 is 17.3 Å². The van der Waals surface area contributed by atoms with E-state index in [9.17, 15) is 14.9 Å². The Morgan fingerprint density at radius 3 is 2.83 bits per heavy atom. The zero-order valence-corrected chi connectivity index (χ0v) is 13.2. The van der Waals surface area contributed by atoms with Gasteiger partial charge >= 0.3 is 0 Å². The van der Waals surface area contributed by atoms with Crippen molar-refractivity contribution in [2.45, 2.75) is 32.1 Å². The van der Waals surface area contributed by atoms with Crippen LogP contribution in [0.25, 0.3) is 0 Å². The number of hydrogen-bond acceptors (Lipinski definition) is 4. The lowest BCUT2D eigenvalue weighted by molar-refractivity contribution is -0.384. The number of likely N-dealkylation sites (tertiary alicyclic amines) is 1. The van der Waals surface area contributed by atoms with E-state index in [2.05, 4.69) is 10.2 Å². The van der Waals surface area contributed by atoms with Crippen molar-refractivity contribution in [1.82, 2.24) is 4.90 Å². The molecular weight excluding hydrogens is 294 g/mol. The lowest BCUT2D eigenvalue weighted by atomic mass is 9.75. The van der Waals surface area contributed by atoms with Crippen LogP contribution in [0.3, 0.4) is 0 Å². The zero-order chi connectivity index (χ0) is 16.2. The van der Waals surface area contributed by atoms with Crippen LogP contribution in [-0.2, 0) is 4.79 Å². The number of piperidine rings is 1. The second-order valence-electron chi connectivity index (χ2n) is 6.68. The standard InChI is InChI=1S/C17H23N3O3/c21-17(18-15-6-3-7-16(10-15)20(22)23)12-19-9-8-13-4-1-2-5-14(13)11-19/h3,6-7,10,13-14H,1-2,4-5,8-9,11-12H2,(H,18,21)/t13-,14-/m1/s1. The van der Waals surface area contributed by atoms with Crippen molar-refractivity contribution in [2.75, 3.05) is 25.0 Å². The fraction of sp³-hybridized carbons (Fsp3) is 0.588. The van der Waals surface area contributed by atoms with Crippen molar-refractivity contribution in [3.05, 3.63) is 34.4 Å². The molecule has 3 rings (SSSR count). The molecule has 1 aromatic rings. The van der Waals surface area contributed by atoms with Gasteiger partial charge < -0.3 is 5.32 Å². The van der Waals surface area contributed by atoms with Gasteiger partial charge in [0.25, 0.3) is 5.69 Å². The average molecular weight is 317 g/mol. The van der Waals surface area contributed by atoms with Crippen LogP contribution in [0.2, 0.25) is 0 Å². The highest BCUT2D eigenvalue weighted by Gasteiger charge is 2.31. The van der Waals surface area contributed by atoms with Gasteiger partial charge in [0.2, 0.25) is 5.91 Å². The minimum Gasteiger partial charge on any atom is -0.325 e. The number of anilines is 1. The number of nitrogens with zero attached hydrogens (tertiary/aromatic N) is 2. The number of non-ortho nitro benzene ring substituents is 1. The third-order valence-electron chi connectivity index (χ3n) is 5.08. The molecule has 1 N–H and O–H groups in total. The van der Waals surface area contributed by atoms with Crippen LogP contribution in [-0.4, -0.2) is 35.4 Å². The van der Waals surface area contributed by atoms with Gasteiger partial charge in [-0.1, -0.05) is 25.3 Å². The van der Waals surface area contributed by atoms with Gasteiger partial charge in [-0.3, -0.25) is 19.8 Å². The first-order valence-electron chi connectivity index (χ1n) is 8.38. The number of nitro groups is 1. The lowest BCUT2D eigenvalue weighted by Gasteiger charge is -2.41. The van der Waals surface area contributed by atoms with Gasteiger partial charge in [-0.2, -0.15) is 0 Å². The molecule has 1 aliphatic heterocycles. The number of nitro benzene ring substituents is 1. The molecule has 1 amide bonds. The van der Waals surface area contributed by atoms with E-state index in [1.165, 1.54) is 44.2 Å². The van der Waals surface area contributed by atoms with Crippen LogP contribution in [0, 0.1) is 22.0 Å². The summed E-state index contributed by atoms with van der Waals surface area (Å²) in [5.41, 5.74) is 0.475. The highest BCUT2D eigenvalue weighted by Crippen LogP contribution is 2.35. The first-order valence-corrected chi connectivity index (χ1v) is 8.38. The maximum Gasteiger partial charge on any atom is 0.271 e. The van der Waals surface area contributed by atoms with Gasteiger partial charge in [0.05, 0.1) is 11.5 Å². The first-order chi connectivity index (χ1) is 11.1. The van der Waals surface area contributed by atoms with Crippen LogP contribution in [0.4, 0.5) is 11.4 Å². The molecule has 2 fully saturated rings. The Morgan fingerprint density at radius 2 is 2.04 bits per heavy atom. The quantitative estimate of drug-likeness (QED) is 0.684. The smallest absolute Gasteiger partial charge is 0.271 e. The summed E-state index contributed by atoms with van der Waals surface area (Å²) in [6.07, 6.45) is 6.49. The molecule has 6 heteroatoms. The fourth-order valence-corrected chi connectivity index (χ4v) is 3.92. The summed E-state index contributed by atoms with van der Waals surface area (Å²) in [4.78, 5) is 24.7. The van der Waals surface area contributed by atoms with E-state index in [1.807, 2.05) is 0 Å². The molecule has 0 unspecified atom stereocenters. The highest BCUT2D eigenvalue weighted by atomic mass is 16.6. The Balaban J connectivity index is 1.53. The van der Waals surface area contributed by atoms with Crippen molar-refractivity contribution in [3.8, 4) is 0 Å². The molecule has 2 aliphatic rings. The van der Waals surface area contributed by atoms with E-state index in [0.717, 1.165) is 24.9 Å². The number of fused-ring (bicyclic) bond motifs is 1. The maximum atomic E-state index is 12.2. The van der Waals surface area contributed by atoms with Crippen LogP contribution in [0.15, 0.2) is 24.3 Å². The predicted octanol–water partition coefficient (Wildman–Crippen LogP) is 3.05. The normalized spacial score (nSPS) is 24.7. The molecule has 0 radical (unpaired) electrons. The molecule has 2 atom stereocenters. The summed E-state index contributed by atoms with van der Waals surface area (Å²) in [7, 11) is 0. The summed E-state index contributed by atoms with van der Waals surface area (Å²) in [5.74, 6) is 1.49. The summed E-state index contributed by atoms with van der Waals surface area (Å²) < 4.78 is 0. The van der Waals surface area contributed by atoms with Crippen molar-refractivity contribution < 1.29 is 9.72 Å². The molecule has 0 bridgehead atoms. The second-order valence-corrected chi connectivity index (χ2v) is 6.68. The Hall–Kier alpha value is -1.95. The number of rotatable bonds is 4. The number of carbonyl (C=O) groups excluding carboxylic acids is 1. The summed E-state index contributed by atoms with van der Waals surface area (Å²) >= 11 is 0. The average Bonchev–Trinajstić information content (AvgIpc) is 2.55. The number of benzene rings is 1. The number of amides is 1. The van der Waals surface area contributed by atoms with E-state index in [4.69, 9.17) is 0 Å². The van der Waals surface area contributed by atoms with Crippen molar-refractivity contribution in [1.29, 1.82) is 0 Å². The topological polar surface area (TPSA) is 75.5 Å². The van der Waals surface area contributed by atoms with Gasteiger partial charge in [0, 0.05) is 24.4 Å². The van der Waals surface area contributed by atoms with Gasteiger partial charge in [-0.25, -0.2) is 0 Å². The number of hydrogen-bond donors (Lipinski definition) is 1. The third-order valence-corrected chi connectivity index (χ3v) is 5.08. The van der Waals surface area contributed by atoms with Gasteiger partial charge in [0.15, 0.2) is 0 Å². The minimum absolute atomic E-state index is 0.00850. The largest absolute Gasteiger partial charge is 0.325 e. The van der Waals surface area contributed by atoms with Crippen molar-refractivity contribution in [2.24, 2.45) is 11.8 Å². The molecule has 1 saturated heterocycles. The molecule has 0 spiro atoms. The second kappa shape index (κ2) is 7.08. The van der Waals surface area contributed by atoms with Crippen LogP contribution >= 0.6 is 0 Å². The third kappa shape index (κ3) is 4.07. The number of carbonyl (C=O) groups is 1. The van der Waals surface area contributed by atoms with Gasteiger partial charge in [0.1, 0.15) is 0 Å². The summed E-state index contributed by atoms with van der Waals surface area (Å²) in [6, 6.07) is 6.08. The molecule has 124 valence electrons. The molecule has 23 heavy (non-hydrogen) atoms. The monoisotopic (exact) mass is 317 g/mol. The summed E-state index contributed by atoms with van der Waals surface area (Å²) in [5, 5.41) is 13.5. The van der Waals surface area contributed by atoms with Crippen LogP contribution in [0.1, 0.15) is 32.1 Å².